The topological polar surface area (TPSA) is 76.7 Å². The monoisotopic (exact) mass is 406 g/mol. The fraction of sp³-hybridized carbons (Fsp3) is 0.250. The van der Waals surface area contributed by atoms with Crippen LogP contribution in [0.1, 0.15) is 25.0 Å². The smallest absolute Gasteiger partial charge is 0.279 e. The van der Waals surface area contributed by atoms with Gasteiger partial charge in [0.05, 0.1) is 0 Å². The molecule has 30 heavy (non-hydrogen) atoms. The molecule has 0 bridgehead atoms. The molecular formula is C24H26N2O4. The summed E-state index contributed by atoms with van der Waals surface area (Å²) < 4.78 is 11.5. The number of rotatable bonds is 6. The zero-order valence-electron chi connectivity index (χ0n) is 17.6. The third-order valence-electron chi connectivity index (χ3n) is 4.78. The number of hydrazine groups is 1. The molecule has 0 aliphatic rings. The number of aryl methyl sites for hydroxylation is 2. The van der Waals surface area contributed by atoms with Crippen molar-refractivity contribution < 1.29 is 19.1 Å². The van der Waals surface area contributed by atoms with Crippen LogP contribution in [-0.4, -0.2) is 24.0 Å². The number of amides is 2. The van der Waals surface area contributed by atoms with Crippen LogP contribution in [0.3, 0.4) is 0 Å². The summed E-state index contributed by atoms with van der Waals surface area (Å²) in [6.07, 6.45) is -1.57. The summed E-state index contributed by atoms with van der Waals surface area (Å²) in [6.45, 7) is 7.08. The number of carbonyl (C=O) groups is 2. The predicted octanol–water partition coefficient (Wildman–Crippen LogP) is 3.84. The van der Waals surface area contributed by atoms with E-state index < -0.39 is 24.0 Å². The van der Waals surface area contributed by atoms with E-state index in [1.807, 2.05) is 74.5 Å². The average Bonchev–Trinajstić information content (AvgIpc) is 2.74. The lowest BCUT2D eigenvalue weighted by Gasteiger charge is -2.19. The number of carbonyl (C=O) groups excluding carboxylic acids is 2. The Bertz CT molecular complexity index is 1040. The summed E-state index contributed by atoms with van der Waals surface area (Å²) in [5.74, 6) is 0.327. The number of para-hydroxylation sites is 1. The number of ether oxygens (including phenoxy) is 2. The molecular weight excluding hydrogens is 380 g/mol. The van der Waals surface area contributed by atoms with Gasteiger partial charge in [-0.05, 0) is 61.7 Å². The van der Waals surface area contributed by atoms with Crippen molar-refractivity contribution in [2.24, 2.45) is 0 Å². The lowest BCUT2D eigenvalue weighted by atomic mass is 10.1. The molecule has 0 saturated carbocycles. The minimum absolute atomic E-state index is 0.455. The van der Waals surface area contributed by atoms with E-state index in [-0.39, 0.29) is 0 Å². The van der Waals surface area contributed by atoms with Crippen molar-refractivity contribution in [1.82, 2.24) is 10.9 Å². The van der Waals surface area contributed by atoms with Crippen LogP contribution in [0, 0.1) is 13.8 Å². The van der Waals surface area contributed by atoms with Crippen LogP contribution < -0.4 is 20.3 Å². The molecule has 6 nitrogen and oxygen atoms in total. The molecule has 0 aliphatic carbocycles. The van der Waals surface area contributed by atoms with E-state index in [2.05, 4.69) is 10.9 Å². The first-order valence-electron chi connectivity index (χ1n) is 9.83. The number of hydrogen-bond acceptors (Lipinski definition) is 4. The Hall–Kier alpha value is -3.54. The number of benzene rings is 3. The highest BCUT2D eigenvalue weighted by atomic mass is 16.5. The maximum absolute atomic E-state index is 12.3. The Morgan fingerprint density at radius 3 is 1.93 bits per heavy atom. The lowest BCUT2D eigenvalue weighted by Crippen LogP contribution is -2.50. The molecule has 3 aromatic rings. The summed E-state index contributed by atoms with van der Waals surface area (Å²) in [6, 6.07) is 19.3. The van der Waals surface area contributed by atoms with E-state index in [1.165, 1.54) is 0 Å². The second-order valence-corrected chi connectivity index (χ2v) is 7.23. The van der Waals surface area contributed by atoms with Gasteiger partial charge in [0.1, 0.15) is 11.5 Å². The van der Waals surface area contributed by atoms with Crippen LogP contribution in [-0.2, 0) is 9.59 Å². The molecule has 3 aromatic carbocycles. The standard InChI is InChI=1S/C24H26N2O4/c1-15-8-7-9-16(2)22(15)30-18(4)24(28)26-25-23(27)17(3)29-21-13-12-19-10-5-6-11-20(19)14-21/h5-14,17-18H,1-4H3,(H,25,27)(H,26,28)/t17-,18-/m0/s1. The largest absolute Gasteiger partial charge is 0.481 e. The van der Waals surface area contributed by atoms with Crippen molar-refractivity contribution in [3.05, 3.63) is 71.8 Å². The first-order chi connectivity index (χ1) is 14.3. The number of fused-ring (bicyclic) bond motifs is 1. The van der Waals surface area contributed by atoms with Crippen LogP contribution in [0.25, 0.3) is 10.8 Å². The van der Waals surface area contributed by atoms with Gasteiger partial charge in [-0.25, -0.2) is 0 Å². The first kappa shape index (κ1) is 21.2. The Labute approximate surface area is 176 Å². The quantitative estimate of drug-likeness (QED) is 0.610. The van der Waals surface area contributed by atoms with Crippen LogP contribution in [0.4, 0.5) is 0 Å². The van der Waals surface area contributed by atoms with E-state index >= 15 is 0 Å². The molecule has 2 atom stereocenters. The van der Waals surface area contributed by atoms with Crippen molar-refractivity contribution in [2.75, 3.05) is 0 Å². The van der Waals surface area contributed by atoms with Crippen molar-refractivity contribution in [3.8, 4) is 11.5 Å². The van der Waals surface area contributed by atoms with E-state index in [1.54, 1.807) is 13.8 Å². The molecule has 6 heteroatoms. The summed E-state index contributed by atoms with van der Waals surface area (Å²) >= 11 is 0. The Balaban J connectivity index is 1.52. The van der Waals surface area contributed by atoms with Crippen LogP contribution in [0.15, 0.2) is 60.7 Å². The normalized spacial score (nSPS) is 12.7. The van der Waals surface area contributed by atoms with Gasteiger partial charge in [0.2, 0.25) is 0 Å². The second-order valence-electron chi connectivity index (χ2n) is 7.23. The third-order valence-corrected chi connectivity index (χ3v) is 4.78. The van der Waals surface area contributed by atoms with Crippen LogP contribution in [0.2, 0.25) is 0 Å². The van der Waals surface area contributed by atoms with E-state index in [4.69, 9.17) is 9.47 Å². The van der Waals surface area contributed by atoms with Gasteiger partial charge >= 0.3 is 0 Å². The minimum Gasteiger partial charge on any atom is -0.481 e. The maximum atomic E-state index is 12.3. The SMILES string of the molecule is Cc1cccc(C)c1O[C@@H](C)C(=O)NNC(=O)[C@H](C)Oc1ccc2ccccc2c1. The molecule has 0 radical (unpaired) electrons. The third kappa shape index (κ3) is 5.08. The van der Waals surface area contributed by atoms with Gasteiger partial charge in [0.25, 0.3) is 11.8 Å². The summed E-state index contributed by atoms with van der Waals surface area (Å²) in [5.41, 5.74) is 6.67. The fourth-order valence-electron chi connectivity index (χ4n) is 3.04. The molecule has 156 valence electrons. The van der Waals surface area contributed by atoms with Gasteiger partial charge < -0.3 is 9.47 Å². The van der Waals surface area contributed by atoms with Crippen molar-refractivity contribution in [3.63, 3.8) is 0 Å². The van der Waals surface area contributed by atoms with Crippen molar-refractivity contribution in [2.45, 2.75) is 39.9 Å². The Morgan fingerprint density at radius 2 is 1.30 bits per heavy atom. The molecule has 3 rings (SSSR count). The van der Waals surface area contributed by atoms with E-state index in [9.17, 15) is 9.59 Å². The fourth-order valence-corrected chi connectivity index (χ4v) is 3.04. The minimum atomic E-state index is -0.790. The molecule has 0 unspecified atom stereocenters. The highest BCUT2D eigenvalue weighted by Gasteiger charge is 2.20. The molecule has 2 N–H and O–H groups in total. The molecule has 2 amide bonds. The molecule has 0 heterocycles. The van der Waals surface area contributed by atoms with Gasteiger partial charge in [-0.1, -0.05) is 48.5 Å². The molecule has 0 aliphatic heterocycles. The van der Waals surface area contributed by atoms with Gasteiger partial charge in [0, 0.05) is 0 Å². The van der Waals surface area contributed by atoms with Crippen molar-refractivity contribution >= 4 is 22.6 Å². The van der Waals surface area contributed by atoms with Gasteiger partial charge in [0.15, 0.2) is 12.2 Å². The second kappa shape index (κ2) is 9.31. The van der Waals surface area contributed by atoms with Gasteiger partial charge in [-0.2, -0.15) is 0 Å². The predicted molar refractivity (Wildman–Crippen MR) is 116 cm³/mol. The highest BCUT2D eigenvalue weighted by molar-refractivity contribution is 5.87. The number of hydrogen-bond donors (Lipinski definition) is 2. The summed E-state index contributed by atoms with van der Waals surface area (Å²) in [7, 11) is 0. The van der Waals surface area contributed by atoms with Crippen molar-refractivity contribution in [1.29, 1.82) is 0 Å². The van der Waals surface area contributed by atoms with Gasteiger partial charge in [-0.15, -0.1) is 0 Å². The zero-order valence-corrected chi connectivity index (χ0v) is 17.6. The summed E-state index contributed by atoms with van der Waals surface area (Å²) in [5, 5.41) is 2.11. The molecule has 0 aromatic heterocycles. The maximum Gasteiger partial charge on any atom is 0.279 e. The average molecular weight is 406 g/mol. The molecule has 0 spiro atoms. The van der Waals surface area contributed by atoms with Crippen LogP contribution in [0.5, 0.6) is 11.5 Å². The number of nitrogens with one attached hydrogen (secondary N) is 2. The zero-order chi connectivity index (χ0) is 21.7. The molecule has 0 saturated heterocycles. The first-order valence-corrected chi connectivity index (χ1v) is 9.83. The Morgan fingerprint density at radius 1 is 0.733 bits per heavy atom. The summed E-state index contributed by atoms with van der Waals surface area (Å²) in [4.78, 5) is 24.6. The van der Waals surface area contributed by atoms with Gasteiger partial charge in [-0.3, -0.25) is 20.4 Å². The van der Waals surface area contributed by atoms with E-state index in [0.717, 1.165) is 21.9 Å². The van der Waals surface area contributed by atoms with E-state index in [0.29, 0.717) is 11.5 Å². The van der Waals surface area contributed by atoms with Crippen LogP contribution >= 0.6 is 0 Å². The lowest BCUT2D eigenvalue weighted by molar-refractivity contribution is -0.135. The Kier molecular flexibility index (Phi) is 6.57. The molecule has 0 fully saturated rings. The highest BCUT2D eigenvalue weighted by Crippen LogP contribution is 2.23.